The van der Waals surface area contributed by atoms with E-state index in [1.54, 1.807) is 0 Å². The molecule has 0 heterocycles. The molecule has 0 saturated heterocycles. The van der Waals surface area contributed by atoms with Crippen LogP contribution in [0.4, 0.5) is 13.2 Å². The summed E-state index contributed by atoms with van der Waals surface area (Å²) >= 11 is 0. The Labute approximate surface area is 120 Å². The van der Waals surface area contributed by atoms with Crippen molar-refractivity contribution in [1.29, 1.82) is 0 Å². The summed E-state index contributed by atoms with van der Waals surface area (Å²) in [5.74, 6) is -1.04. The lowest BCUT2D eigenvalue weighted by molar-refractivity contribution is -0.187. The van der Waals surface area contributed by atoms with Crippen LogP contribution in [0.1, 0.15) is 52.4 Å². The first kappa shape index (κ1) is 17.8. The van der Waals surface area contributed by atoms with Crippen LogP contribution in [0.3, 0.4) is 0 Å². The van der Waals surface area contributed by atoms with E-state index in [4.69, 9.17) is 4.74 Å². The third-order valence-corrected chi connectivity index (χ3v) is 4.05. The van der Waals surface area contributed by atoms with Gasteiger partial charge in [-0.15, -0.1) is 0 Å². The van der Waals surface area contributed by atoms with Crippen LogP contribution < -0.4 is 5.32 Å². The summed E-state index contributed by atoms with van der Waals surface area (Å²) in [6, 6.07) is 0.0617. The van der Waals surface area contributed by atoms with Gasteiger partial charge in [0.2, 0.25) is 0 Å². The minimum Gasteiger partial charge on any atom is -0.380 e. The van der Waals surface area contributed by atoms with E-state index in [1.165, 1.54) is 0 Å². The molecule has 3 unspecified atom stereocenters. The molecule has 0 aliphatic heterocycles. The molecule has 120 valence electrons. The molecule has 1 N–H and O–H groups in total. The molecule has 5 heteroatoms. The number of ether oxygens (including phenoxy) is 1. The van der Waals surface area contributed by atoms with Crippen LogP contribution in [0.15, 0.2) is 0 Å². The highest BCUT2D eigenvalue weighted by atomic mass is 19.4. The first-order valence-corrected chi connectivity index (χ1v) is 7.86. The Balaban J connectivity index is 2.54. The summed E-state index contributed by atoms with van der Waals surface area (Å²) in [6.45, 7) is 6.15. The summed E-state index contributed by atoms with van der Waals surface area (Å²) in [7, 11) is 0. The molecule has 1 rings (SSSR count). The summed E-state index contributed by atoms with van der Waals surface area (Å²) in [5.41, 5.74) is 0. The number of hydrogen-bond acceptors (Lipinski definition) is 2. The Morgan fingerprint density at radius 2 is 1.95 bits per heavy atom. The van der Waals surface area contributed by atoms with Crippen LogP contribution in [0.25, 0.3) is 0 Å². The lowest BCUT2D eigenvalue weighted by Gasteiger charge is -2.35. The molecule has 1 fully saturated rings. The maximum atomic E-state index is 12.9. The number of halogens is 3. The topological polar surface area (TPSA) is 21.3 Å². The van der Waals surface area contributed by atoms with E-state index < -0.39 is 12.1 Å². The standard InChI is InChI=1S/C15H28F3NO/c1-3-8-19-14(11-20-9-4-2)12-6-5-7-13(10-12)15(16,17)18/h12-14,19H,3-11H2,1-2H3. The van der Waals surface area contributed by atoms with E-state index in [-0.39, 0.29) is 24.8 Å². The molecular weight excluding hydrogens is 267 g/mol. The van der Waals surface area contributed by atoms with Gasteiger partial charge in [0.1, 0.15) is 0 Å². The van der Waals surface area contributed by atoms with Crippen LogP contribution in [-0.2, 0) is 4.74 Å². The van der Waals surface area contributed by atoms with Crippen molar-refractivity contribution in [2.45, 2.75) is 64.6 Å². The predicted molar refractivity (Wildman–Crippen MR) is 74.7 cm³/mol. The van der Waals surface area contributed by atoms with Gasteiger partial charge in [-0.25, -0.2) is 0 Å². The molecule has 0 amide bonds. The van der Waals surface area contributed by atoms with Crippen molar-refractivity contribution in [2.24, 2.45) is 11.8 Å². The van der Waals surface area contributed by atoms with Crippen molar-refractivity contribution in [3.05, 3.63) is 0 Å². The highest BCUT2D eigenvalue weighted by Crippen LogP contribution is 2.40. The van der Waals surface area contributed by atoms with Gasteiger partial charge in [0.25, 0.3) is 0 Å². The Morgan fingerprint density at radius 1 is 1.20 bits per heavy atom. The van der Waals surface area contributed by atoms with Crippen molar-refractivity contribution in [2.75, 3.05) is 19.8 Å². The summed E-state index contributed by atoms with van der Waals surface area (Å²) in [5, 5.41) is 3.38. The lowest BCUT2D eigenvalue weighted by Crippen LogP contribution is -2.44. The molecule has 0 aromatic rings. The minimum atomic E-state index is -4.04. The second-order valence-corrected chi connectivity index (χ2v) is 5.80. The van der Waals surface area contributed by atoms with Crippen LogP contribution >= 0.6 is 0 Å². The van der Waals surface area contributed by atoms with Gasteiger partial charge in [0, 0.05) is 12.6 Å². The SMILES string of the molecule is CCCNC(COCCC)C1CCCC(C(F)(F)F)C1. The van der Waals surface area contributed by atoms with Gasteiger partial charge in [0.05, 0.1) is 12.5 Å². The average molecular weight is 295 g/mol. The van der Waals surface area contributed by atoms with Gasteiger partial charge in [-0.3, -0.25) is 0 Å². The van der Waals surface area contributed by atoms with Gasteiger partial charge in [-0.1, -0.05) is 20.3 Å². The number of hydrogen-bond donors (Lipinski definition) is 1. The van der Waals surface area contributed by atoms with E-state index in [1.807, 2.05) is 6.92 Å². The smallest absolute Gasteiger partial charge is 0.380 e. The van der Waals surface area contributed by atoms with E-state index in [2.05, 4.69) is 12.2 Å². The van der Waals surface area contributed by atoms with Gasteiger partial charge in [-0.2, -0.15) is 13.2 Å². The van der Waals surface area contributed by atoms with E-state index >= 15 is 0 Å². The summed E-state index contributed by atoms with van der Waals surface area (Å²) < 4.78 is 44.2. The van der Waals surface area contributed by atoms with Crippen molar-refractivity contribution >= 4 is 0 Å². The Hall–Kier alpha value is -0.290. The third-order valence-electron chi connectivity index (χ3n) is 4.05. The molecule has 20 heavy (non-hydrogen) atoms. The van der Waals surface area contributed by atoms with Crippen molar-refractivity contribution < 1.29 is 17.9 Å². The van der Waals surface area contributed by atoms with Crippen molar-refractivity contribution in [3.63, 3.8) is 0 Å². The zero-order valence-corrected chi connectivity index (χ0v) is 12.6. The minimum absolute atomic E-state index is 0.0617. The number of nitrogens with one attached hydrogen (secondary N) is 1. The maximum absolute atomic E-state index is 12.9. The molecule has 3 atom stereocenters. The Bertz CT molecular complexity index is 258. The highest BCUT2D eigenvalue weighted by Gasteiger charge is 2.43. The van der Waals surface area contributed by atoms with E-state index in [9.17, 15) is 13.2 Å². The normalized spacial score (nSPS) is 25.6. The zero-order valence-electron chi connectivity index (χ0n) is 12.6. The molecule has 1 saturated carbocycles. The summed E-state index contributed by atoms with van der Waals surface area (Å²) in [4.78, 5) is 0. The summed E-state index contributed by atoms with van der Waals surface area (Å²) in [6.07, 6.45) is -0.0264. The van der Waals surface area contributed by atoms with Crippen LogP contribution in [0.5, 0.6) is 0 Å². The van der Waals surface area contributed by atoms with Crippen LogP contribution in [0.2, 0.25) is 0 Å². The van der Waals surface area contributed by atoms with Crippen LogP contribution in [0, 0.1) is 11.8 Å². The van der Waals surface area contributed by atoms with Gasteiger partial charge in [-0.05, 0) is 44.6 Å². The molecule has 0 bridgehead atoms. The molecule has 2 nitrogen and oxygen atoms in total. The van der Waals surface area contributed by atoms with Crippen molar-refractivity contribution in [3.8, 4) is 0 Å². The quantitative estimate of drug-likeness (QED) is 0.679. The Kier molecular flexibility index (Phi) is 7.88. The van der Waals surface area contributed by atoms with Gasteiger partial charge < -0.3 is 10.1 Å². The van der Waals surface area contributed by atoms with Gasteiger partial charge >= 0.3 is 6.18 Å². The fraction of sp³-hybridized carbons (Fsp3) is 1.00. The fourth-order valence-electron chi connectivity index (χ4n) is 2.94. The second-order valence-electron chi connectivity index (χ2n) is 5.80. The molecular formula is C15H28F3NO. The number of alkyl halides is 3. The lowest BCUT2D eigenvalue weighted by atomic mass is 9.77. The number of rotatable bonds is 8. The van der Waals surface area contributed by atoms with Gasteiger partial charge in [0.15, 0.2) is 0 Å². The third kappa shape index (κ3) is 6.00. The van der Waals surface area contributed by atoms with Crippen molar-refractivity contribution in [1.82, 2.24) is 5.32 Å². The Morgan fingerprint density at radius 3 is 2.55 bits per heavy atom. The molecule has 0 aromatic heterocycles. The fourth-order valence-corrected chi connectivity index (χ4v) is 2.94. The second kappa shape index (κ2) is 8.88. The highest BCUT2D eigenvalue weighted by molar-refractivity contribution is 4.85. The zero-order chi connectivity index (χ0) is 15.0. The average Bonchev–Trinajstić information content (AvgIpc) is 2.42. The first-order valence-electron chi connectivity index (χ1n) is 7.86. The largest absolute Gasteiger partial charge is 0.391 e. The predicted octanol–water partition coefficient (Wildman–Crippen LogP) is 4.15. The first-order chi connectivity index (χ1) is 9.49. The van der Waals surface area contributed by atoms with E-state index in [0.717, 1.165) is 25.8 Å². The monoisotopic (exact) mass is 295 g/mol. The molecule has 0 spiro atoms. The molecule has 0 aromatic carbocycles. The van der Waals surface area contributed by atoms with E-state index in [0.29, 0.717) is 19.6 Å². The molecule has 1 aliphatic rings. The molecule has 0 radical (unpaired) electrons. The molecule has 1 aliphatic carbocycles. The maximum Gasteiger partial charge on any atom is 0.391 e. The van der Waals surface area contributed by atoms with Crippen LogP contribution in [-0.4, -0.2) is 32.0 Å².